The summed E-state index contributed by atoms with van der Waals surface area (Å²) in [5, 5.41) is 13.2. The van der Waals surface area contributed by atoms with Gasteiger partial charge in [0, 0.05) is 84.3 Å². The molecule has 12 heteroatoms. The number of aryl methyl sites for hydroxylation is 1. The number of benzene rings is 1. The number of nitrogens with zero attached hydrogens (tertiary/aromatic N) is 6. The quantitative estimate of drug-likeness (QED) is 0.0868. The molecule has 0 spiro atoms. The Bertz CT molecular complexity index is 2210. The van der Waals surface area contributed by atoms with Crippen LogP contribution in [0.25, 0.3) is 33.4 Å². The van der Waals surface area contributed by atoms with Gasteiger partial charge >= 0.3 is 0 Å². The van der Waals surface area contributed by atoms with Crippen molar-refractivity contribution in [1.82, 2.24) is 29.9 Å². The molecule has 4 aromatic rings. The van der Waals surface area contributed by atoms with E-state index in [9.17, 15) is 14.4 Å². The molecule has 2 aliphatic heterocycles. The van der Waals surface area contributed by atoms with E-state index < -0.39 is 0 Å². The van der Waals surface area contributed by atoms with Gasteiger partial charge in [0.15, 0.2) is 6.07 Å². The third-order valence-electron chi connectivity index (χ3n) is 12.9. The average molecular weight is 892 g/mol. The van der Waals surface area contributed by atoms with Crippen LogP contribution >= 0.6 is 11.3 Å². The Labute approximate surface area is 387 Å². The van der Waals surface area contributed by atoms with Crippen molar-refractivity contribution in [1.29, 1.82) is 5.26 Å². The number of aldehydes is 1. The summed E-state index contributed by atoms with van der Waals surface area (Å²) >= 11 is 1.55. The maximum atomic E-state index is 13.1. The number of rotatable bonds is 16. The Morgan fingerprint density at radius 1 is 1.14 bits per heavy atom. The molecule has 7 rings (SSSR count). The van der Waals surface area contributed by atoms with Gasteiger partial charge in [0.25, 0.3) is 0 Å². The maximum Gasteiger partial charge on any atom is 0.239 e. The first-order chi connectivity index (χ1) is 30.6. The number of thiazole rings is 1. The van der Waals surface area contributed by atoms with Crippen molar-refractivity contribution in [2.45, 2.75) is 151 Å². The summed E-state index contributed by atoms with van der Waals surface area (Å²) in [5.41, 5.74) is 11.2. The molecule has 1 N–H and O–H groups in total. The van der Waals surface area contributed by atoms with E-state index in [1.54, 1.807) is 22.3 Å². The maximum absolute atomic E-state index is 13.1. The predicted molar refractivity (Wildman–Crippen MR) is 260 cm³/mol. The molecule has 3 aromatic heterocycles. The zero-order valence-corrected chi connectivity index (χ0v) is 41.0. The van der Waals surface area contributed by atoms with Crippen LogP contribution in [0.3, 0.4) is 0 Å². The highest BCUT2D eigenvalue weighted by Crippen LogP contribution is 2.43. The number of nitrogens with one attached hydrogen (secondary N) is 1. The van der Waals surface area contributed by atoms with E-state index >= 15 is 0 Å². The number of pyridine rings is 1. The second kappa shape index (κ2) is 24.4. The Morgan fingerprint density at radius 3 is 2.38 bits per heavy atom. The lowest BCUT2D eigenvalue weighted by Crippen LogP contribution is -2.54. The van der Waals surface area contributed by atoms with Crippen LogP contribution < -0.4 is 5.43 Å². The minimum absolute atomic E-state index is 0.0451. The lowest BCUT2D eigenvalue weighted by Gasteiger charge is -2.45. The SMILES string of the molecule is C#CC#N.CC1(C)CCN1C=O.CC1CC1C.CCOC(CC(=O)N1CCCCN1)c1nc(-c2ccc3c(c2)c(CC(C)(C)CCC=O)c(-c2cccnc2C(C)CC)n3CC)cs1. The van der Waals surface area contributed by atoms with E-state index in [0.717, 1.165) is 111 Å². The molecule has 5 heterocycles. The molecule has 11 nitrogen and oxygen atoms in total. The molecule has 4 atom stereocenters. The minimum atomic E-state index is -0.384. The lowest BCUT2D eigenvalue weighted by molar-refractivity contribution is -0.138. The van der Waals surface area contributed by atoms with Crippen molar-refractivity contribution >= 4 is 40.8 Å². The Hall–Kier alpha value is -4.88. The molecule has 1 aromatic carbocycles. The van der Waals surface area contributed by atoms with E-state index in [0.29, 0.717) is 18.9 Å². The number of terminal acetylenes is 1. The summed E-state index contributed by atoms with van der Waals surface area (Å²) in [4.78, 5) is 46.4. The van der Waals surface area contributed by atoms with E-state index in [-0.39, 0.29) is 29.4 Å². The Morgan fingerprint density at radius 2 is 1.86 bits per heavy atom. The van der Waals surface area contributed by atoms with Crippen molar-refractivity contribution < 1.29 is 19.1 Å². The molecule has 2 amide bonds. The monoisotopic (exact) mass is 892 g/mol. The van der Waals surface area contributed by atoms with Crippen LogP contribution in [-0.4, -0.2) is 74.8 Å². The summed E-state index contributed by atoms with van der Waals surface area (Å²) in [5.74, 6) is 4.21. The van der Waals surface area contributed by atoms with Gasteiger partial charge in [-0.2, -0.15) is 5.26 Å². The molecular weight excluding hydrogens is 819 g/mol. The fourth-order valence-corrected chi connectivity index (χ4v) is 9.04. The highest BCUT2D eigenvalue weighted by Gasteiger charge is 2.34. The third kappa shape index (κ3) is 13.8. The number of hydrogen-bond donors (Lipinski definition) is 1. The fourth-order valence-electron chi connectivity index (χ4n) is 8.17. The van der Waals surface area contributed by atoms with E-state index in [1.165, 1.54) is 40.2 Å². The second-order valence-electron chi connectivity index (χ2n) is 18.8. The topological polar surface area (TPSA) is 133 Å². The van der Waals surface area contributed by atoms with Crippen molar-refractivity contribution in [3.05, 3.63) is 58.2 Å². The molecule has 0 bridgehead atoms. The zero-order valence-electron chi connectivity index (χ0n) is 40.2. The van der Waals surface area contributed by atoms with E-state index in [2.05, 4.69) is 108 Å². The van der Waals surface area contributed by atoms with Crippen LogP contribution in [0.15, 0.2) is 41.9 Å². The van der Waals surface area contributed by atoms with Crippen LogP contribution in [0, 0.1) is 40.9 Å². The number of hydrogen-bond acceptors (Lipinski definition) is 9. The van der Waals surface area contributed by atoms with Crippen LogP contribution in [-0.2, 0) is 32.1 Å². The Balaban J connectivity index is 0.000000439. The van der Waals surface area contributed by atoms with E-state index in [4.69, 9.17) is 20.0 Å². The van der Waals surface area contributed by atoms with Crippen LogP contribution in [0.1, 0.15) is 149 Å². The normalized spacial score (nSPS) is 18.2. The van der Waals surface area contributed by atoms with Crippen molar-refractivity contribution in [2.24, 2.45) is 17.3 Å². The van der Waals surface area contributed by atoms with Crippen LogP contribution in [0.4, 0.5) is 0 Å². The van der Waals surface area contributed by atoms with E-state index in [1.807, 2.05) is 24.1 Å². The average Bonchev–Trinajstić information content (AvgIpc) is 3.61. The summed E-state index contributed by atoms with van der Waals surface area (Å²) in [7, 11) is 0. The smallest absolute Gasteiger partial charge is 0.239 e. The third-order valence-corrected chi connectivity index (χ3v) is 13.9. The van der Waals surface area contributed by atoms with Gasteiger partial charge in [-0.25, -0.2) is 10.4 Å². The predicted octanol–water partition coefficient (Wildman–Crippen LogP) is 10.9. The number of ether oxygens (including phenoxy) is 1. The highest BCUT2D eigenvalue weighted by molar-refractivity contribution is 7.10. The Kier molecular flexibility index (Phi) is 19.7. The van der Waals surface area contributed by atoms with Crippen LogP contribution in [0.5, 0.6) is 0 Å². The van der Waals surface area contributed by atoms with Crippen molar-refractivity contribution in [2.75, 3.05) is 26.2 Å². The first kappa shape index (κ1) is 51.8. The van der Waals surface area contributed by atoms with Gasteiger partial charge in [-0.05, 0) is 126 Å². The van der Waals surface area contributed by atoms with Gasteiger partial charge in [-0.15, -0.1) is 17.8 Å². The minimum Gasteiger partial charge on any atom is -0.371 e. The highest BCUT2D eigenvalue weighted by atomic mass is 32.1. The fraction of sp³-hybridized carbons (Fsp3) is 0.577. The standard InChI is InChI=1S/C38H51N5O3S.C6H11NO.C5H10.C3HN/c1-7-26(4)35-28(14-12-18-39-35)36-30(24-38(5,6)17-13-21-44)29-22-27(15-16-32(29)42(36)8-2)31-25-47-37(41-31)33(46-9-3)23-34(45)43-20-11-10-19-40-43;1-6(2)3-4-7(6)5-8;1-4-3-5(4)2;1-2-3-4/h12,14-16,18,21-22,25-26,33,40H,7-11,13,17,19-20,23-24H2,1-6H3;5H,3-4H2,1-2H3;4-5H,3H2,1-2H3;1H. The first-order valence-corrected chi connectivity index (χ1v) is 24.2. The molecule has 4 unspecified atom stereocenters. The summed E-state index contributed by atoms with van der Waals surface area (Å²) in [6, 6.07) is 12.4. The van der Waals surface area contributed by atoms with Crippen LogP contribution in [0.2, 0.25) is 0 Å². The van der Waals surface area contributed by atoms with Gasteiger partial charge < -0.3 is 19.0 Å². The second-order valence-corrected chi connectivity index (χ2v) is 19.7. The molecule has 3 aliphatic rings. The number of carbonyl (C=O) groups is 3. The molecule has 1 aliphatic carbocycles. The first-order valence-electron chi connectivity index (χ1n) is 23.3. The van der Waals surface area contributed by atoms with Gasteiger partial charge in [0.05, 0.1) is 23.5 Å². The molecule has 2 saturated heterocycles. The summed E-state index contributed by atoms with van der Waals surface area (Å²) in [6.45, 7) is 25.7. The van der Waals surface area contributed by atoms with Gasteiger partial charge in [-0.1, -0.05) is 47.6 Å². The summed E-state index contributed by atoms with van der Waals surface area (Å²) in [6.07, 6.45) is 16.1. The number of nitriles is 1. The number of carbonyl (C=O) groups excluding carboxylic acids is 3. The molecule has 3 fully saturated rings. The van der Waals surface area contributed by atoms with Crippen molar-refractivity contribution in [3.8, 4) is 40.9 Å². The van der Waals surface area contributed by atoms with Gasteiger partial charge in [0.1, 0.15) is 17.4 Å². The molecule has 64 heavy (non-hydrogen) atoms. The number of fused-ring (bicyclic) bond motifs is 1. The zero-order chi connectivity index (χ0) is 47.0. The van der Waals surface area contributed by atoms with Gasteiger partial charge in [0.2, 0.25) is 12.3 Å². The number of amides is 2. The van der Waals surface area contributed by atoms with Crippen molar-refractivity contribution in [3.63, 3.8) is 0 Å². The molecule has 1 saturated carbocycles. The molecular formula is C52H73N7O4S. The number of aromatic nitrogens is 3. The summed E-state index contributed by atoms with van der Waals surface area (Å²) < 4.78 is 8.51. The van der Waals surface area contributed by atoms with Gasteiger partial charge in [-0.3, -0.25) is 19.6 Å². The largest absolute Gasteiger partial charge is 0.371 e. The molecule has 346 valence electrons. The number of likely N-dealkylation sites (tertiary alicyclic amines) is 1. The lowest BCUT2D eigenvalue weighted by atomic mass is 9.80. The molecule has 0 radical (unpaired) electrons. The number of hydrazine groups is 1.